The zero-order valence-corrected chi connectivity index (χ0v) is 18.5. The highest BCUT2D eigenvalue weighted by Crippen LogP contribution is 2.39. The Morgan fingerprint density at radius 2 is 1.94 bits per heavy atom. The summed E-state index contributed by atoms with van der Waals surface area (Å²) in [6.07, 6.45) is 2.08. The third-order valence-electron chi connectivity index (χ3n) is 7.12. The number of hydrogen-bond acceptors (Lipinski definition) is 4. The van der Waals surface area contributed by atoms with E-state index >= 15 is 0 Å². The topological polar surface area (TPSA) is 95.6 Å². The van der Waals surface area contributed by atoms with E-state index in [1.165, 1.54) is 11.0 Å². The Morgan fingerprint density at radius 3 is 2.61 bits per heavy atom. The first-order valence-electron chi connectivity index (χ1n) is 11.3. The Balaban J connectivity index is 1.41. The summed E-state index contributed by atoms with van der Waals surface area (Å²) < 4.78 is 29.3. The van der Waals surface area contributed by atoms with Crippen molar-refractivity contribution in [1.82, 2.24) is 15.5 Å². The number of amides is 4. The largest absolute Gasteiger partial charge is 0.347 e. The van der Waals surface area contributed by atoms with Crippen LogP contribution in [0, 0.1) is 11.8 Å². The number of imide groups is 1. The predicted molar refractivity (Wildman–Crippen MR) is 115 cm³/mol. The molecule has 174 valence electrons. The minimum absolute atomic E-state index is 0.00926. The Bertz CT molecular complexity index is 1010. The standard InChI is InChI=1S/C23H26BF2N3O4/c1-13-2-5-16(6-3-13)23(25,26)21(33)27-11-14-4-7-17-15(10-14)12-29(19(17)31)22(24)9-8-18(30)28-20(22)32/h4,7,10,13,16H,2-3,5-6,8-9,11-12H2,1H3,(H,27,33)(H,28,30,32)/t13?,16?,22-/m1/s1. The first-order valence-corrected chi connectivity index (χ1v) is 11.3. The highest BCUT2D eigenvalue weighted by Gasteiger charge is 2.49. The molecule has 33 heavy (non-hydrogen) atoms. The SMILES string of the molecule is [B][C@@]1(N2Cc3cc(CNC(=O)C(F)(F)C4CCC(C)CC4)ccc3C2=O)CCC(=O)NC1=O. The fraction of sp³-hybridized carbons (Fsp3) is 0.565. The van der Waals surface area contributed by atoms with Crippen LogP contribution in [0.25, 0.3) is 0 Å². The summed E-state index contributed by atoms with van der Waals surface area (Å²) in [5, 5.41) is 4.50. The van der Waals surface area contributed by atoms with Gasteiger partial charge in [-0.25, -0.2) is 0 Å². The molecule has 3 aliphatic rings. The fourth-order valence-electron chi connectivity index (χ4n) is 4.89. The van der Waals surface area contributed by atoms with Crippen molar-refractivity contribution in [2.24, 2.45) is 11.8 Å². The third kappa shape index (κ3) is 4.27. The number of hydrogen-bond donors (Lipinski definition) is 2. The second-order valence-electron chi connectivity index (χ2n) is 9.45. The van der Waals surface area contributed by atoms with E-state index in [1.807, 2.05) is 6.92 Å². The van der Waals surface area contributed by atoms with E-state index in [1.54, 1.807) is 12.1 Å². The number of fused-ring (bicyclic) bond motifs is 1. The van der Waals surface area contributed by atoms with Crippen LogP contribution in [-0.4, -0.2) is 47.7 Å². The zero-order chi connectivity index (χ0) is 24.0. The molecular formula is C23H26BF2N3O4. The number of piperidine rings is 1. The maximum absolute atomic E-state index is 14.6. The van der Waals surface area contributed by atoms with Crippen LogP contribution in [0.15, 0.2) is 18.2 Å². The van der Waals surface area contributed by atoms with Crippen molar-refractivity contribution in [1.29, 1.82) is 0 Å². The Kier molecular flexibility index (Phi) is 6.05. The molecule has 2 fully saturated rings. The lowest BCUT2D eigenvalue weighted by atomic mass is 9.70. The van der Waals surface area contributed by atoms with Crippen molar-refractivity contribution in [3.05, 3.63) is 34.9 Å². The van der Waals surface area contributed by atoms with E-state index < -0.39 is 40.9 Å². The molecule has 1 aliphatic carbocycles. The Hall–Kier alpha value is -2.78. The number of benzene rings is 1. The molecule has 1 saturated carbocycles. The van der Waals surface area contributed by atoms with Crippen molar-refractivity contribution >= 4 is 31.5 Å². The number of rotatable bonds is 5. The van der Waals surface area contributed by atoms with Gasteiger partial charge in [0.15, 0.2) is 0 Å². The van der Waals surface area contributed by atoms with Gasteiger partial charge in [-0.05, 0) is 42.4 Å². The molecule has 4 amide bonds. The van der Waals surface area contributed by atoms with Crippen molar-refractivity contribution in [3.8, 4) is 0 Å². The minimum atomic E-state index is -3.43. The van der Waals surface area contributed by atoms with Crippen molar-refractivity contribution in [3.63, 3.8) is 0 Å². The van der Waals surface area contributed by atoms with Gasteiger partial charge in [0.25, 0.3) is 11.8 Å². The second-order valence-corrected chi connectivity index (χ2v) is 9.45. The first kappa shape index (κ1) is 23.4. The van der Waals surface area contributed by atoms with Crippen molar-refractivity contribution in [2.75, 3.05) is 0 Å². The molecule has 0 bridgehead atoms. The van der Waals surface area contributed by atoms with E-state index in [0.29, 0.717) is 48.3 Å². The molecule has 0 spiro atoms. The average Bonchev–Trinajstić information content (AvgIpc) is 3.11. The lowest BCUT2D eigenvalue weighted by molar-refractivity contribution is -0.156. The van der Waals surface area contributed by atoms with Crippen LogP contribution in [0.1, 0.15) is 66.9 Å². The van der Waals surface area contributed by atoms with E-state index in [2.05, 4.69) is 10.6 Å². The zero-order valence-electron chi connectivity index (χ0n) is 18.5. The monoisotopic (exact) mass is 457 g/mol. The van der Waals surface area contributed by atoms with Gasteiger partial charge >= 0.3 is 5.92 Å². The highest BCUT2D eigenvalue weighted by molar-refractivity contribution is 6.32. The van der Waals surface area contributed by atoms with Crippen LogP contribution < -0.4 is 10.6 Å². The summed E-state index contributed by atoms with van der Waals surface area (Å²) in [5.74, 6) is -6.87. The van der Waals surface area contributed by atoms with Gasteiger partial charge in [-0.3, -0.25) is 24.5 Å². The van der Waals surface area contributed by atoms with Crippen LogP contribution in [0.5, 0.6) is 0 Å². The van der Waals surface area contributed by atoms with Gasteiger partial charge in [-0.1, -0.05) is 31.9 Å². The number of halogens is 2. The van der Waals surface area contributed by atoms with Crippen molar-refractivity contribution < 1.29 is 28.0 Å². The maximum atomic E-state index is 14.6. The molecule has 2 radical (unpaired) electrons. The van der Waals surface area contributed by atoms with Crippen LogP contribution >= 0.6 is 0 Å². The van der Waals surface area contributed by atoms with Gasteiger partial charge in [0, 0.05) is 31.0 Å². The van der Waals surface area contributed by atoms with Gasteiger partial charge in [-0.2, -0.15) is 8.78 Å². The number of alkyl halides is 2. The lowest BCUT2D eigenvalue weighted by Crippen LogP contribution is -2.63. The Morgan fingerprint density at radius 1 is 1.24 bits per heavy atom. The predicted octanol–water partition coefficient (Wildman–Crippen LogP) is 2.02. The molecule has 0 aromatic heterocycles. The van der Waals surface area contributed by atoms with E-state index in [-0.39, 0.29) is 25.9 Å². The molecule has 2 heterocycles. The summed E-state index contributed by atoms with van der Waals surface area (Å²) >= 11 is 0. The summed E-state index contributed by atoms with van der Waals surface area (Å²) in [7, 11) is 6.20. The molecule has 2 aliphatic heterocycles. The van der Waals surface area contributed by atoms with Crippen LogP contribution in [0.2, 0.25) is 0 Å². The van der Waals surface area contributed by atoms with Gasteiger partial charge < -0.3 is 10.2 Å². The first-order chi connectivity index (χ1) is 15.5. The van der Waals surface area contributed by atoms with E-state index in [0.717, 1.165) is 0 Å². The Labute approximate surface area is 192 Å². The van der Waals surface area contributed by atoms with Crippen LogP contribution in [0.4, 0.5) is 8.78 Å². The van der Waals surface area contributed by atoms with Gasteiger partial charge in [0.2, 0.25) is 11.8 Å². The van der Waals surface area contributed by atoms with Crippen LogP contribution in [0.3, 0.4) is 0 Å². The summed E-state index contributed by atoms with van der Waals surface area (Å²) in [5.41, 5.74) is -0.160. The van der Waals surface area contributed by atoms with E-state index in [4.69, 9.17) is 7.85 Å². The highest BCUT2D eigenvalue weighted by atomic mass is 19.3. The number of nitrogens with zero attached hydrogens (tertiary/aromatic N) is 1. The molecule has 4 rings (SSSR count). The lowest BCUT2D eigenvalue weighted by Gasteiger charge is -2.40. The summed E-state index contributed by atoms with van der Waals surface area (Å²) in [6.45, 7) is 1.97. The van der Waals surface area contributed by atoms with E-state index in [9.17, 15) is 28.0 Å². The molecule has 1 aromatic carbocycles. The third-order valence-corrected chi connectivity index (χ3v) is 7.12. The number of carbonyl (C=O) groups is 4. The van der Waals surface area contributed by atoms with Crippen molar-refractivity contribution in [2.45, 2.75) is 69.9 Å². The van der Waals surface area contributed by atoms with Gasteiger partial charge in [0.05, 0.1) is 5.44 Å². The number of nitrogens with one attached hydrogen (secondary N) is 2. The summed E-state index contributed by atoms with van der Waals surface area (Å²) in [6, 6.07) is 4.76. The second kappa shape index (κ2) is 8.54. The molecule has 1 saturated heterocycles. The van der Waals surface area contributed by atoms with Crippen LogP contribution in [-0.2, 0) is 27.5 Å². The summed E-state index contributed by atoms with van der Waals surface area (Å²) in [4.78, 5) is 50.1. The van der Waals surface area contributed by atoms with Gasteiger partial charge in [0.1, 0.15) is 7.85 Å². The molecule has 2 N–H and O–H groups in total. The molecule has 7 nitrogen and oxygen atoms in total. The quantitative estimate of drug-likeness (QED) is 0.523. The molecule has 1 atom stereocenters. The smallest absolute Gasteiger partial charge is 0.327 e. The fourth-order valence-corrected chi connectivity index (χ4v) is 4.89. The number of carbonyl (C=O) groups excluding carboxylic acids is 4. The molecule has 10 heteroatoms. The average molecular weight is 457 g/mol. The molecule has 0 unspecified atom stereocenters. The van der Waals surface area contributed by atoms with Gasteiger partial charge in [-0.15, -0.1) is 0 Å². The maximum Gasteiger partial charge on any atom is 0.327 e. The molecular weight excluding hydrogens is 431 g/mol. The normalized spacial score (nSPS) is 27.8. The molecule has 1 aromatic rings. The minimum Gasteiger partial charge on any atom is -0.347 e.